The van der Waals surface area contributed by atoms with E-state index in [0.717, 1.165) is 22.8 Å². The van der Waals surface area contributed by atoms with Crippen LogP contribution in [-0.2, 0) is 6.61 Å². The van der Waals surface area contributed by atoms with Gasteiger partial charge in [0.2, 0.25) is 0 Å². The molecule has 3 aromatic rings. The Morgan fingerprint density at radius 2 is 1.38 bits per heavy atom. The zero-order valence-corrected chi connectivity index (χ0v) is 14.1. The third-order valence-corrected chi connectivity index (χ3v) is 3.81. The van der Waals surface area contributed by atoms with Crippen LogP contribution in [0.25, 0.3) is 0 Å². The van der Waals surface area contributed by atoms with Crippen molar-refractivity contribution in [1.82, 2.24) is 0 Å². The van der Waals surface area contributed by atoms with E-state index in [9.17, 15) is 0 Å². The zero-order chi connectivity index (χ0) is 16.8. The maximum absolute atomic E-state index is 5.98. The fourth-order valence-corrected chi connectivity index (χ4v) is 2.44. The molecule has 3 rings (SSSR count). The summed E-state index contributed by atoms with van der Waals surface area (Å²) in [6, 6.07) is 26.1. The van der Waals surface area contributed by atoms with Crippen LogP contribution in [0.5, 0.6) is 17.2 Å². The van der Waals surface area contributed by atoms with E-state index in [-0.39, 0.29) is 0 Å². The van der Waals surface area contributed by atoms with Gasteiger partial charge in [-0.15, -0.1) is 0 Å². The summed E-state index contributed by atoms with van der Waals surface area (Å²) in [7, 11) is 0. The Balaban J connectivity index is 1.68. The molecule has 0 saturated carbocycles. The highest BCUT2D eigenvalue weighted by atomic mass is 16.5. The van der Waals surface area contributed by atoms with Gasteiger partial charge in [0.1, 0.15) is 23.9 Å². The highest BCUT2D eigenvalue weighted by Gasteiger charge is 2.04. The van der Waals surface area contributed by atoms with Gasteiger partial charge in [-0.2, -0.15) is 0 Å². The van der Waals surface area contributed by atoms with Crippen LogP contribution in [0.2, 0.25) is 0 Å². The normalized spacial score (nSPS) is 10.6. The first-order valence-corrected chi connectivity index (χ1v) is 8.25. The van der Waals surface area contributed by atoms with Crippen molar-refractivity contribution in [2.45, 2.75) is 26.4 Å². The van der Waals surface area contributed by atoms with Crippen LogP contribution in [0.3, 0.4) is 0 Å². The first kappa shape index (κ1) is 16.1. The van der Waals surface area contributed by atoms with Crippen LogP contribution in [-0.4, -0.2) is 0 Å². The zero-order valence-electron chi connectivity index (χ0n) is 14.1. The first-order chi connectivity index (χ1) is 11.7. The monoisotopic (exact) mass is 318 g/mol. The third kappa shape index (κ3) is 4.39. The summed E-state index contributed by atoms with van der Waals surface area (Å²) in [6.45, 7) is 4.90. The largest absolute Gasteiger partial charge is 0.489 e. The molecule has 0 radical (unpaired) electrons. The van der Waals surface area contributed by atoms with Crippen molar-refractivity contribution in [1.29, 1.82) is 0 Å². The molecule has 0 amide bonds. The second-order valence-electron chi connectivity index (χ2n) is 6.08. The molecule has 0 N–H and O–H groups in total. The minimum absolute atomic E-state index is 0.481. The molecule has 0 atom stereocenters. The lowest BCUT2D eigenvalue weighted by Crippen LogP contribution is -1.95. The van der Waals surface area contributed by atoms with Crippen molar-refractivity contribution in [3.05, 3.63) is 90.0 Å². The Labute approximate surface area is 143 Å². The van der Waals surface area contributed by atoms with Crippen LogP contribution in [0.15, 0.2) is 78.9 Å². The molecule has 2 heteroatoms. The third-order valence-electron chi connectivity index (χ3n) is 3.81. The predicted molar refractivity (Wildman–Crippen MR) is 97.8 cm³/mol. The van der Waals surface area contributed by atoms with Gasteiger partial charge in [-0.25, -0.2) is 0 Å². The topological polar surface area (TPSA) is 18.5 Å². The van der Waals surface area contributed by atoms with Gasteiger partial charge in [-0.1, -0.05) is 62.4 Å². The van der Waals surface area contributed by atoms with Crippen LogP contribution < -0.4 is 9.47 Å². The van der Waals surface area contributed by atoms with E-state index in [1.807, 2.05) is 54.6 Å². The van der Waals surface area contributed by atoms with Crippen molar-refractivity contribution < 1.29 is 9.47 Å². The molecular formula is C22H22O2. The van der Waals surface area contributed by atoms with E-state index in [1.54, 1.807) is 0 Å². The molecule has 0 bridgehead atoms. The molecule has 0 aliphatic heterocycles. The molecule has 0 aromatic heterocycles. The molecule has 0 unspecified atom stereocenters. The number of hydrogen-bond acceptors (Lipinski definition) is 2. The quantitative estimate of drug-likeness (QED) is 0.540. The Hall–Kier alpha value is -2.74. The lowest BCUT2D eigenvalue weighted by Gasteiger charge is -2.11. The average molecular weight is 318 g/mol. The molecule has 0 aliphatic carbocycles. The van der Waals surface area contributed by atoms with Crippen LogP contribution in [0, 0.1) is 0 Å². The van der Waals surface area contributed by atoms with Gasteiger partial charge in [-0.3, -0.25) is 0 Å². The van der Waals surface area contributed by atoms with Crippen molar-refractivity contribution >= 4 is 0 Å². The molecular weight excluding hydrogens is 296 g/mol. The van der Waals surface area contributed by atoms with Gasteiger partial charge in [-0.05, 0) is 41.3 Å². The highest BCUT2D eigenvalue weighted by Crippen LogP contribution is 2.27. The highest BCUT2D eigenvalue weighted by molar-refractivity contribution is 5.38. The van der Waals surface area contributed by atoms with Gasteiger partial charge in [0.25, 0.3) is 0 Å². The fraction of sp³-hybridized carbons (Fsp3) is 0.182. The average Bonchev–Trinajstić information content (AvgIpc) is 2.61. The summed E-state index contributed by atoms with van der Waals surface area (Å²) in [5.41, 5.74) is 2.41. The van der Waals surface area contributed by atoms with Gasteiger partial charge in [0.15, 0.2) is 0 Å². The van der Waals surface area contributed by atoms with E-state index in [4.69, 9.17) is 9.47 Å². The van der Waals surface area contributed by atoms with E-state index >= 15 is 0 Å². The van der Waals surface area contributed by atoms with Crippen LogP contribution in [0.1, 0.15) is 30.9 Å². The minimum atomic E-state index is 0.481. The standard InChI is InChI=1S/C22H22O2/c1-17(2)19-10-6-12-21(14-19)24-22-13-7-11-20(15-22)23-16-18-8-4-3-5-9-18/h3-15,17H,16H2,1-2H3. The fourth-order valence-electron chi connectivity index (χ4n) is 2.44. The first-order valence-electron chi connectivity index (χ1n) is 8.25. The Kier molecular flexibility index (Phi) is 5.17. The molecule has 0 fully saturated rings. The van der Waals surface area contributed by atoms with Crippen molar-refractivity contribution in [3.8, 4) is 17.2 Å². The molecule has 3 aromatic carbocycles. The van der Waals surface area contributed by atoms with Gasteiger partial charge < -0.3 is 9.47 Å². The molecule has 24 heavy (non-hydrogen) atoms. The minimum Gasteiger partial charge on any atom is -0.489 e. The smallest absolute Gasteiger partial charge is 0.131 e. The second kappa shape index (κ2) is 7.69. The van der Waals surface area contributed by atoms with Gasteiger partial charge >= 0.3 is 0 Å². The Morgan fingerprint density at radius 1 is 0.708 bits per heavy atom. The summed E-state index contributed by atoms with van der Waals surface area (Å²) < 4.78 is 11.8. The van der Waals surface area contributed by atoms with E-state index < -0.39 is 0 Å². The number of rotatable bonds is 6. The number of ether oxygens (including phenoxy) is 2. The van der Waals surface area contributed by atoms with Crippen molar-refractivity contribution in [2.75, 3.05) is 0 Å². The van der Waals surface area contributed by atoms with Crippen LogP contribution in [0.4, 0.5) is 0 Å². The molecule has 2 nitrogen and oxygen atoms in total. The Morgan fingerprint density at radius 3 is 2.12 bits per heavy atom. The molecule has 0 aliphatic rings. The maximum Gasteiger partial charge on any atom is 0.131 e. The lowest BCUT2D eigenvalue weighted by atomic mass is 10.0. The molecule has 0 saturated heterocycles. The van der Waals surface area contributed by atoms with E-state index in [2.05, 4.69) is 38.1 Å². The molecule has 0 spiro atoms. The van der Waals surface area contributed by atoms with Gasteiger partial charge in [0, 0.05) is 6.07 Å². The SMILES string of the molecule is CC(C)c1cccc(Oc2cccc(OCc3ccccc3)c2)c1. The summed E-state index contributed by atoms with van der Waals surface area (Å²) >= 11 is 0. The number of benzene rings is 3. The molecule has 0 heterocycles. The van der Waals surface area contributed by atoms with Crippen molar-refractivity contribution in [2.24, 2.45) is 0 Å². The molecule has 122 valence electrons. The summed E-state index contributed by atoms with van der Waals surface area (Å²) in [5, 5.41) is 0. The van der Waals surface area contributed by atoms with Crippen LogP contribution >= 0.6 is 0 Å². The number of hydrogen-bond donors (Lipinski definition) is 0. The van der Waals surface area contributed by atoms with E-state index in [1.165, 1.54) is 5.56 Å². The Bertz CT molecular complexity index is 779. The maximum atomic E-state index is 5.98. The lowest BCUT2D eigenvalue weighted by molar-refractivity contribution is 0.304. The summed E-state index contributed by atoms with van der Waals surface area (Å²) in [4.78, 5) is 0. The summed E-state index contributed by atoms with van der Waals surface area (Å²) in [5.74, 6) is 2.91. The van der Waals surface area contributed by atoms with E-state index in [0.29, 0.717) is 12.5 Å². The van der Waals surface area contributed by atoms with Crippen molar-refractivity contribution in [3.63, 3.8) is 0 Å². The second-order valence-corrected chi connectivity index (χ2v) is 6.08. The predicted octanol–water partition coefficient (Wildman–Crippen LogP) is 6.18. The summed E-state index contributed by atoms with van der Waals surface area (Å²) in [6.07, 6.45) is 0. The van der Waals surface area contributed by atoms with Gasteiger partial charge in [0.05, 0.1) is 0 Å².